The van der Waals surface area contributed by atoms with Crippen LogP contribution in [0.5, 0.6) is 0 Å². The Hall–Kier alpha value is -0.440. The first kappa shape index (κ1) is 29.8. The summed E-state index contributed by atoms with van der Waals surface area (Å²) in [6, 6.07) is 0. The number of hydrogen-bond acceptors (Lipinski definition) is 11. The molecule has 0 aromatic heterocycles. The van der Waals surface area contributed by atoms with E-state index in [9.17, 15) is 35.7 Å². The number of hydrogen-bond donors (Lipinski definition) is 7. The van der Waals surface area contributed by atoms with Crippen molar-refractivity contribution < 1.29 is 54.7 Å². The molecule has 202 valence electrons. The Morgan fingerprint density at radius 2 is 1.12 bits per heavy atom. The highest BCUT2D eigenvalue weighted by Crippen LogP contribution is 2.29. The summed E-state index contributed by atoms with van der Waals surface area (Å²) in [4.78, 5) is 0. The molecule has 0 spiro atoms. The summed E-state index contributed by atoms with van der Waals surface area (Å²) >= 11 is 0. The minimum atomic E-state index is -1.69. The SMILES string of the molecule is CCCCCCCCCCCO[C@@H]1O[C@H](CO)[C@@H](O[C@H]2O[C@H](CO)[C@@H](O)[C@H](O)[C@@H]2O)[C@H](O)[C@@H]1O. The summed E-state index contributed by atoms with van der Waals surface area (Å²) in [5, 5.41) is 70.0. The third kappa shape index (κ3) is 8.31. The van der Waals surface area contributed by atoms with Gasteiger partial charge in [-0.2, -0.15) is 0 Å². The average Bonchev–Trinajstić information content (AvgIpc) is 2.84. The van der Waals surface area contributed by atoms with Gasteiger partial charge in [-0.1, -0.05) is 58.3 Å². The van der Waals surface area contributed by atoms with Gasteiger partial charge >= 0.3 is 0 Å². The van der Waals surface area contributed by atoms with E-state index in [0.717, 1.165) is 19.3 Å². The molecule has 2 aliphatic heterocycles. The van der Waals surface area contributed by atoms with E-state index in [0.29, 0.717) is 6.61 Å². The van der Waals surface area contributed by atoms with Crippen molar-refractivity contribution in [2.24, 2.45) is 0 Å². The number of aliphatic hydroxyl groups is 7. The van der Waals surface area contributed by atoms with Crippen molar-refractivity contribution in [1.29, 1.82) is 0 Å². The Labute approximate surface area is 201 Å². The van der Waals surface area contributed by atoms with Crippen molar-refractivity contribution in [2.45, 2.75) is 126 Å². The molecule has 0 radical (unpaired) electrons. The first-order chi connectivity index (χ1) is 16.3. The van der Waals surface area contributed by atoms with Gasteiger partial charge in [-0.05, 0) is 6.42 Å². The standard InChI is InChI=1S/C23H44O11/c1-2-3-4-5-6-7-8-9-10-11-31-22-20(30)18(28)21(15(13-25)33-22)34-23-19(29)17(27)16(26)14(12-24)32-23/h14-30H,2-13H2,1H3/t14-,15-,16-,17+,18-,19+,20+,21-,22-,23-/m1/s1. The molecule has 7 N–H and O–H groups in total. The Morgan fingerprint density at radius 1 is 0.588 bits per heavy atom. The maximum absolute atomic E-state index is 10.6. The number of ether oxygens (including phenoxy) is 4. The molecule has 11 heteroatoms. The van der Waals surface area contributed by atoms with Crippen LogP contribution in [0.4, 0.5) is 0 Å². The van der Waals surface area contributed by atoms with Crippen molar-refractivity contribution in [3.8, 4) is 0 Å². The number of unbranched alkanes of at least 4 members (excludes halogenated alkanes) is 8. The van der Waals surface area contributed by atoms with Crippen LogP contribution in [0.1, 0.15) is 64.7 Å². The van der Waals surface area contributed by atoms with Crippen LogP contribution in [0.25, 0.3) is 0 Å². The van der Waals surface area contributed by atoms with Crippen molar-refractivity contribution in [2.75, 3.05) is 19.8 Å². The fourth-order valence-electron chi connectivity index (χ4n) is 4.31. The average molecular weight is 497 g/mol. The molecular formula is C23H44O11. The van der Waals surface area contributed by atoms with Crippen LogP contribution in [0, 0.1) is 0 Å². The van der Waals surface area contributed by atoms with E-state index >= 15 is 0 Å². The topological polar surface area (TPSA) is 179 Å². The van der Waals surface area contributed by atoms with Gasteiger partial charge in [0.2, 0.25) is 0 Å². The van der Waals surface area contributed by atoms with E-state index in [4.69, 9.17) is 18.9 Å². The van der Waals surface area contributed by atoms with Crippen LogP contribution < -0.4 is 0 Å². The summed E-state index contributed by atoms with van der Waals surface area (Å²) in [6.07, 6.45) is -3.99. The van der Waals surface area contributed by atoms with Gasteiger partial charge in [0.1, 0.15) is 48.8 Å². The van der Waals surface area contributed by atoms with Gasteiger partial charge < -0.3 is 54.7 Å². The van der Waals surface area contributed by atoms with Crippen molar-refractivity contribution in [1.82, 2.24) is 0 Å². The van der Waals surface area contributed by atoms with E-state index in [1.54, 1.807) is 0 Å². The van der Waals surface area contributed by atoms with Crippen LogP contribution in [0.2, 0.25) is 0 Å². The minimum absolute atomic E-state index is 0.320. The largest absolute Gasteiger partial charge is 0.394 e. The Morgan fingerprint density at radius 3 is 1.71 bits per heavy atom. The zero-order valence-corrected chi connectivity index (χ0v) is 20.0. The summed E-state index contributed by atoms with van der Waals surface area (Å²) in [5.74, 6) is 0. The second kappa shape index (κ2) is 15.6. The molecule has 0 aliphatic carbocycles. The fourth-order valence-corrected chi connectivity index (χ4v) is 4.31. The van der Waals surface area contributed by atoms with E-state index in [1.165, 1.54) is 38.5 Å². The summed E-state index contributed by atoms with van der Waals surface area (Å²) in [6.45, 7) is 1.29. The highest BCUT2D eigenvalue weighted by molar-refractivity contribution is 4.94. The second-order valence-corrected chi connectivity index (χ2v) is 9.20. The monoisotopic (exact) mass is 496 g/mol. The molecule has 2 heterocycles. The maximum Gasteiger partial charge on any atom is 0.187 e. The lowest BCUT2D eigenvalue weighted by atomic mass is 9.97. The molecule has 10 atom stereocenters. The highest BCUT2D eigenvalue weighted by atomic mass is 16.7. The third-order valence-corrected chi connectivity index (χ3v) is 6.49. The highest BCUT2D eigenvalue weighted by Gasteiger charge is 2.50. The quantitative estimate of drug-likeness (QED) is 0.141. The van der Waals surface area contributed by atoms with Crippen LogP contribution in [0.15, 0.2) is 0 Å². The van der Waals surface area contributed by atoms with Gasteiger partial charge in [-0.3, -0.25) is 0 Å². The van der Waals surface area contributed by atoms with Crippen LogP contribution in [-0.2, 0) is 18.9 Å². The predicted octanol–water partition coefficient (Wildman–Crippen LogP) is -0.842. The van der Waals surface area contributed by atoms with E-state index in [1.807, 2.05) is 0 Å². The lowest BCUT2D eigenvalue weighted by Crippen LogP contribution is -2.64. The van der Waals surface area contributed by atoms with E-state index < -0.39 is 74.6 Å². The van der Waals surface area contributed by atoms with Crippen molar-refractivity contribution >= 4 is 0 Å². The molecule has 11 nitrogen and oxygen atoms in total. The normalized spacial score (nSPS) is 38.8. The molecule has 34 heavy (non-hydrogen) atoms. The maximum atomic E-state index is 10.6. The first-order valence-corrected chi connectivity index (χ1v) is 12.6. The van der Waals surface area contributed by atoms with Crippen LogP contribution in [0.3, 0.4) is 0 Å². The van der Waals surface area contributed by atoms with Gasteiger partial charge in [0, 0.05) is 6.61 Å². The van der Waals surface area contributed by atoms with E-state index in [2.05, 4.69) is 6.92 Å². The number of rotatable bonds is 15. The van der Waals surface area contributed by atoms with Crippen molar-refractivity contribution in [3.05, 3.63) is 0 Å². The Balaban J connectivity index is 1.78. The van der Waals surface area contributed by atoms with Gasteiger partial charge in [-0.25, -0.2) is 0 Å². The summed E-state index contributed by atoms with van der Waals surface area (Å²) < 4.78 is 22.0. The second-order valence-electron chi connectivity index (χ2n) is 9.20. The molecule has 2 aliphatic rings. The molecular weight excluding hydrogens is 452 g/mol. The molecule has 0 bridgehead atoms. The molecule has 0 amide bonds. The fraction of sp³-hybridized carbons (Fsp3) is 1.00. The van der Waals surface area contributed by atoms with Crippen LogP contribution >= 0.6 is 0 Å². The van der Waals surface area contributed by atoms with Gasteiger partial charge in [0.15, 0.2) is 12.6 Å². The third-order valence-electron chi connectivity index (χ3n) is 6.49. The summed E-state index contributed by atoms with van der Waals surface area (Å²) in [5.41, 5.74) is 0. The molecule has 0 unspecified atom stereocenters. The molecule has 0 aromatic rings. The van der Waals surface area contributed by atoms with Crippen molar-refractivity contribution in [3.63, 3.8) is 0 Å². The number of aliphatic hydroxyl groups excluding tert-OH is 7. The van der Waals surface area contributed by atoms with Crippen LogP contribution in [-0.4, -0.2) is 117 Å². The van der Waals surface area contributed by atoms with Gasteiger partial charge in [0.05, 0.1) is 13.2 Å². The first-order valence-electron chi connectivity index (χ1n) is 12.6. The predicted molar refractivity (Wildman–Crippen MR) is 120 cm³/mol. The molecule has 2 saturated heterocycles. The lowest BCUT2D eigenvalue weighted by Gasteiger charge is -2.45. The minimum Gasteiger partial charge on any atom is -0.394 e. The molecule has 0 saturated carbocycles. The molecule has 2 fully saturated rings. The van der Waals surface area contributed by atoms with Gasteiger partial charge in [-0.15, -0.1) is 0 Å². The lowest BCUT2D eigenvalue weighted by molar-refractivity contribution is -0.359. The Kier molecular flexibility index (Phi) is 13.7. The summed E-state index contributed by atoms with van der Waals surface area (Å²) in [7, 11) is 0. The Bertz CT molecular complexity index is 535. The van der Waals surface area contributed by atoms with Gasteiger partial charge in [0.25, 0.3) is 0 Å². The zero-order chi connectivity index (χ0) is 25.1. The molecule has 0 aromatic carbocycles. The van der Waals surface area contributed by atoms with E-state index in [-0.39, 0.29) is 0 Å². The smallest absolute Gasteiger partial charge is 0.187 e. The molecule has 2 rings (SSSR count). The zero-order valence-electron chi connectivity index (χ0n) is 20.0.